The van der Waals surface area contributed by atoms with Crippen LogP contribution in [0, 0.1) is 0 Å². The van der Waals surface area contributed by atoms with Crippen molar-refractivity contribution in [2.24, 2.45) is 0 Å². The van der Waals surface area contributed by atoms with Crippen LogP contribution >= 0.6 is 11.1 Å². The Balaban J connectivity index is 2.57. The molecule has 1 rings (SSSR count). The van der Waals surface area contributed by atoms with E-state index in [4.69, 9.17) is 20.6 Å². The lowest BCUT2D eigenvalue weighted by atomic mass is 10.3. The van der Waals surface area contributed by atoms with Crippen molar-refractivity contribution in [2.45, 2.75) is 32.0 Å². The molecule has 0 aliphatic rings. The van der Waals surface area contributed by atoms with E-state index in [2.05, 4.69) is 26.6 Å². The van der Waals surface area contributed by atoms with Gasteiger partial charge in [-0.2, -0.15) is 11.1 Å². The fourth-order valence-electron chi connectivity index (χ4n) is 1.76. The number of carbonyl (C=O) groups excluding carboxylic acids is 1. The molecule has 1 aromatic carbocycles. The van der Waals surface area contributed by atoms with Crippen LogP contribution in [0.25, 0.3) is 0 Å². The van der Waals surface area contributed by atoms with Crippen LogP contribution in [0.4, 0.5) is 0 Å². The molecule has 1 unspecified atom stereocenters. The van der Waals surface area contributed by atoms with Crippen LogP contribution in [0.3, 0.4) is 0 Å². The molecule has 0 amide bonds. The van der Waals surface area contributed by atoms with Crippen molar-refractivity contribution in [3.05, 3.63) is 36.9 Å². The summed E-state index contributed by atoms with van der Waals surface area (Å²) in [6.45, 7) is 10.3. The summed E-state index contributed by atoms with van der Waals surface area (Å²) in [6, 6.07) is 6.95. The highest BCUT2D eigenvalue weighted by atomic mass is 35.6. The second kappa shape index (κ2) is 7.50. The molecule has 0 aromatic heterocycles. The molecule has 110 valence electrons. The van der Waals surface area contributed by atoms with E-state index >= 15 is 0 Å². The highest BCUT2D eigenvalue weighted by Crippen LogP contribution is 2.29. The number of benzene rings is 1. The Hall–Kier alpha value is -1.26. The number of halogens is 1. The molecule has 0 spiro atoms. The highest BCUT2D eigenvalue weighted by Gasteiger charge is 2.28. The number of rotatable bonds is 7. The monoisotopic (exact) mass is 312 g/mol. The first kappa shape index (κ1) is 16.8. The maximum Gasteiger partial charge on any atom is 0.335 e. The number of esters is 1. The van der Waals surface area contributed by atoms with Crippen molar-refractivity contribution in [3.63, 3.8) is 0 Å². The standard InChI is InChI=1S/C15H21ClO3Si/c1-5-14(20(3,4)16)11-18-12-7-9-13(10-8-12)19-15(17)6-2/h6-10,14H,2,5,11H2,1,3-4H3. The second-order valence-electron chi connectivity index (χ2n) is 5.08. The van der Waals surface area contributed by atoms with Crippen LogP contribution in [-0.2, 0) is 4.79 Å². The highest BCUT2D eigenvalue weighted by molar-refractivity contribution is 7.19. The van der Waals surface area contributed by atoms with Gasteiger partial charge in [-0.05, 0) is 24.3 Å². The first-order chi connectivity index (χ1) is 9.36. The molecule has 5 heteroatoms. The quantitative estimate of drug-likeness (QED) is 0.246. The normalized spacial score (nSPS) is 12.6. The predicted molar refractivity (Wildman–Crippen MR) is 85.1 cm³/mol. The number of hydrogen-bond acceptors (Lipinski definition) is 3. The summed E-state index contributed by atoms with van der Waals surface area (Å²) in [5.74, 6) is 0.748. The van der Waals surface area contributed by atoms with Gasteiger partial charge in [0.15, 0.2) is 7.38 Å². The summed E-state index contributed by atoms with van der Waals surface area (Å²) in [5.41, 5.74) is 0.405. The van der Waals surface area contributed by atoms with Gasteiger partial charge in [-0.1, -0.05) is 33.0 Å². The Morgan fingerprint density at radius 3 is 2.35 bits per heavy atom. The molecule has 0 aliphatic heterocycles. The minimum atomic E-state index is -1.71. The van der Waals surface area contributed by atoms with Gasteiger partial charge >= 0.3 is 5.97 Å². The van der Waals surface area contributed by atoms with Gasteiger partial charge in [-0.15, -0.1) is 0 Å². The van der Waals surface area contributed by atoms with E-state index in [-0.39, 0.29) is 0 Å². The van der Waals surface area contributed by atoms with E-state index in [0.717, 1.165) is 18.2 Å². The van der Waals surface area contributed by atoms with Crippen molar-refractivity contribution in [2.75, 3.05) is 6.61 Å². The molecule has 20 heavy (non-hydrogen) atoms. The summed E-state index contributed by atoms with van der Waals surface area (Å²) in [4.78, 5) is 11.0. The Morgan fingerprint density at radius 1 is 1.35 bits per heavy atom. The topological polar surface area (TPSA) is 35.5 Å². The Labute approximate surface area is 126 Å². The van der Waals surface area contributed by atoms with Crippen LogP contribution < -0.4 is 9.47 Å². The lowest BCUT2D eigenvalue weighted by molar-refractivity contribution is -0.128. The molecule has 1 aromatic rings. The van der Waals surface area contributed by atoms with E-state index in [1.807, 2.05) is 0 Å². The van der Waals surface area contributed by atoms with Crippen LogP contribution in [0.15, 0.2) is 36.9 Å². The molecule has 1 atom stereocenters. The molecule has 0 bridgehead atoms. The second-order valence-corrected chi connectivity index (χ2v) is 11.9. The number of ether oxygens (including phenoxy) is 2. The van der Waals surface area contributed by atoms with E-state index in [0.29, 0.717) is 17.9 Å². The van der Waals surface area contributed by atoms with Gasteiger partial charge in [0, 0.05) is 11.6 Å². The molecule has 3 nitrogen and oxygen atoms in total. The Morgan fingerprint density at radius 2 is 1.90 bits per heavy atom. The van der Waals surface area contributed by atoms with Crippen LogP contribution in [0.2, 0.25) is 18.6 Å². The summed E-state index contributed by atoms with van der Waals surface area (Å²) < 4.78 is 10.8. The summed E-state index contributed by atoms with van der Waals surface area (Å²) in [5, 5.41) is 0. The van der Waals surface area contributed by atoms with Gasteiger partial charge in [0.1, 0.15) is 11.5 Å². The Kier molecular flexibility index (Phi) is 6.30. The number of hydrogen-bond donors (Lipinski definition) is 0. The van der Waals surface area contributed by atoms with E-state index in [1.54, 1.807) is 24.3 Å². The molecule has 0 N–H and O–H groups in total. The Bertz CT molecular complexity index is 451. The maximum absolute atomic E-state index is 11.0. The van der Waals surface area contributed by atoms with E-state index in [1.165, 1.54) is 0 Å². The fourth-order valence-corrected chi connectivity index (χ4v) is 3.86. The third-order valence-corrected chi connectivity index (χ3v) is 6.57. The third kappa shape index (κ3) is 5.39. The van der Waals surface area contributed by atoms with Gasteiger partial charge in [-0.3, -0.25) is 0 Å². The van der Waals surface area contributed by atoms with Crippen molar-refractivity contribution in [1.29, 1.82) is 0 Å². The van der Waals surface area contributed by atoms with Crippen molar-refractivity contribution < 1.29 is 14.3 Å². The minimum Gasteiger partial charge on any atom is -0.494 e. The number of carbonyl (C=O) groups is 1. The maximum atomic E-state index is 11.0. The average molecular weight is 313 g/mol. The van der Waals surface area contributed by atoms with Crippen molar-refractivity contribution >= 4 is 24.4 Å². The van der Waals surface area contributed by atoms with E-state index in [9.17, 15) is 4.79 Å². The summed E-state index contributed by atoms with van der Waals surface area (Å²) >= 11 is 6.46. The molecule has 0 fully saturated rings. The third-order valence-electron chi connectivity index (χ3n) is 3.12. The molecule has 0 radical (unpaired) electrons. The zero-order valence-corrected chi connectivity index (χ0v) is 13.9. The minimum absolute atomic E-state index is 0.405. The molecule has 0 saturated heterocycles. The lowest BCUT2D eigenvalue weighted by Crippen LogP contribution is -2.29. The zero-order chi connectivity index (χ0) is 15.2. The summed E-state index contributed by atoms with van der Waals surface area (Å²) in [7, 11) is -1.71. The first-order valence-electron chi connectivity index (χ1n) is 6.62. The van der Waals surface area contributed by atoms with Crippen molar-refractivity contribution in [1.82, 2.24) is 0 Å². The summed E-state index contributed by atoms with van der Waals surface area (Å²) in [6.07, 6.45) is 2.14. The van der Waals surface area contributed by atoms with Crippen molar-refractivity contribution in [3.8, 4) is 11.5 Å². The van der Waals surface area contributed by atoms with Crippen LogP contribution in [-0.4, -0.2) is 20.0 Å². The lowest BCUT2D eigenvalue weighted by Gasteiger charge is -2.25. The molecular weight excluding hydrogens is 292 g/mol. The first-order valence-corrected chi connectivity index (χ1v) is 10.7. The van der Waals surface area contributed by atoms with Gasteiger partial charge in [0.05, 0.1) is 6.61 Å². The molecule has 0 saturated carbocycles. The smallest absolute Gasteiger partial charge is 0.335 e. The van der Waals surface area contributed by atoms with Gasteiger partial charge in [-0.25, -0.2) is 4.79 Å². The van der Waals surface area contributed by atoms with E-state index < -0.39 is 13.4 Å². The SMILES string of the molecule is C=CC(=O)Oc1ccc(OCC(CC)[Si](C)(C)Cl)cc1. The fraction of sp³-hybridized carbons (Fsp3) is 0.400. The van der Waals surface area contributed by atoms with Crippen LogP contribution in [0.1, 0.15) is 13.3 Å². The largest absolute Gasteiger partial charge is 0.494 e. The molecule has 0 aliphatic carbocycles. The average Bonchev–Trinajstić information content (AvgIpc) is 2.39. The molecular formula is C15H21ClO3Si. The van der Waals surface area contributed by atoms with Gasteiger partial charge in [0.2, 0.25) is 0 Å². The molecule has 0 heterocycles. The van der Waals surface area contributed by atoms with Gasteiger partial charge in [0.25, 0.3) is 0 Å². The predicted octanol–water partition coefficient (Wildman–Crippen LogP) is 4.38. The van der Waals surface area contributed by atoms with Gasteiger partial charge < -0.3 is 9.47 Å². The zero-order valence-electron chi connectivity index (χ0n) is 12.2. The van der Waals surface area contributed by atoms with Crippen LogP contribution in [0.5, 0.6) is 11.5 Å².